The maximum absolute atomic E-state index is 11.9. The highest BCUT2D eigenvalue weighted by Gasteiger charge is 2.48. The Balaban J connectivity index is 2.33. The van der Waals surface area contributed by atoms with Gasteiger partial charge in [-0.1, -0.05) is 48.0 Å². The molecule has 0 radical (unpaired) electrons. The lowest BCUT2D eigenvalue weighted by Crippen LogP contribution is -2.36. The third kappa shape index (κ3) is 2.44. The van der Waals surface area contributed by atoms with Crippen LogP contribution in [0.4, 0.5) is 0 Å². The Morgan fingerprint density at radius 3 is 2.38 bits per heavy atom. The van der Waals surface area contributed by atoms with Gasteiger partial charge in [0.15, 0.2) is 0 Å². The van der Waals surface area contributed by atoms with Crippen LogP contribution >= 0.6 is 0 Å². The van der Waals surface area contributed by atoms with E-state index in [1.165, 1.54) is 0 Å². The van der Waals surface area contributed by atoms with Crippen LogP contribution in [0.5, 0.6) is 5.75 Å². The van der Waals surface area contributed by atoms with Crippen molar-refractivity contribution in [2.45, 2.75) is 12.3 Å². The molecular weight excluding hydrogens is 308 g/mol. The molecule has 0 spiro atoms. The molecule has 2 aromatic carbocycles. The first-order chi connectivity index (χ1) is 11.4. The summed E-state index contributed by atoms with van der Waals surface area (Å²) >= 11 is 0. The third-order valence-electron chi connectivity index (χ3n) is 4.29. The predicted molar refractivity (Wildman–Crippen MR) is 87.3 cm³/mol. The van der Waals surface area contributed by atoms with Gasteiger partial charge in [0.05, 0.1) is 11.0 Å². The van der Waals surface area contributed by atoms with Crippen LogP contribution in [-0.4, -0.2) is 28.8 Å². The van der Waals surface area contributed by atoms with Crippen LogP contribution in [0.25, 0.3) is 0 Å². The summed E-state index contributed by atoms with van der Waals surface area (Å²) in [6.07, 6.45) is 0.758. The van der Waals surface area contributed by atoms with Gasteiger partial charge in [0.25, 0.3) is 0 Å². The molecule has 2 aromatic rings. The van der Waals surface area contributed by atoms with Crippen molar-refractivity contribution in [1.82, 2.24) is 0 Å². The van der Waals surface area contributed by atoms with E-state index in [0.29, 0.717) is 16.9 Å². The number of para-hydroxylation sites is 1. The monoisotopic (exact) mass is 324 g/mol. The van der Waals surface area contributed by atoms with Gasteiger partial charge in [0, 0.05) is 11.6 Å². The van der Waals surface area contributed by atoms with Gasteiger partial charge in [-0.3, -0.25) is 0 Å². The Morgan fingerprint density at radius 2 is 1.75 bits per heavy atom. The van der Waals surface area contributed by atoms with Crippen molar-refractivity contribution in [2.24, 2.45) is 0 Å². The van der Waals surface area contributed by atoms with Crippen LogP contribution in [0.3, 0.4) is 0 Å². The Hall–Kier alpha value is -3.08. The molecule has 3 rings (SSSR count). The fourth-order valence-corrected chi connectivity index (χ4v) is 3.16. The summed E-state index contributed by atoms with van der Waals surface area (Å²) in [6.45, 7) is 1.97. The summed E-state index contributed by atoms with van der Waals surface area (Å²) in [5, 5.41) is 18.9. The van der Waals surface area contributed by atoms with Crippen LogP contribution in [0.15, 0.2) is 60.2 Å². The Bertz CT molecular complexity index is 835. The number of ether oxygens (including phenoxy) is 1. The summed E-state index contributed by atoms with van der Waals surface area (Å²) in [7, 11) is 0. The first-order valence-corrected chi connectivity index (χ1v) is 7.43. The highest BCUT2D eigenvalue weighted by atomic mass is 16.5. The maximum Gasteiger partial charge on any atom is 0.333 e. The topological polar surface area (TPSA) is 83.8 Å². The van der Waals surface area contributed by atoms with Crippen molar-refractivity contribution >= 4 is 11.9 Å². The molecular formula is C19H16O5. The minimum absolute atomic E-state index is 0.0425. The number of rotatable bonds is 4. The van der Waals surface area contributed by atoms with E-state index in [-0.39, 0.29) is 12.2 Å². The summed E-state index contributed by atoms with van der Waals surface area (Å²) in [5.41, 5.74) is 0.995. The molecule has 1 heterocycles. The van der Waals surface area contributed by atoms with Crippen LogP contribution in [-0.2, 0) is 15.0 Å². The number of hydrogen-bond acceptors (Lipinski definition) is 3. The number of carboxylic acid groups (broad SMARTS) is 2. The van der Waals surface area contributed by atoms with E-state index in [2.05, 4.69) is 0 Å². The molecule has 1 atom stereocenters. The summed E-state index contributed by atoms with van der Waals surface area (Å²) in [4.78, 5) is 23.1. The van der Waals surface area contributed by atoms with Crippen molar-refractivity contribution in [2.75, 3.05) is 6.61 Å². The van der Waals surface area contributed by atoms with E-state index in [1.807, 2.05) is 31.2 Å². The van der Waals surface area contributed by atoms with E-state index in [0.717, 1.165) is 11.6 Å². The lowest BCUT2D eigenvalue weighted by atomic mass is 9.70. The Labute approximate surface area is 138 Å². The molecule has 122 valence electrons. The SMILES string of the molecule is Cc1ccc(C2(C(=CC(=O)O)C(=O)O)COc3ccccc32)cc1. The molecule has 5 heteroatoms. The minimum Gasteiger partial charge on any atom is -0.492 e. The van der Waals surface area contributed by atoms with E-state index in [9.17, 15) is 14.7 Å². The predicted octanol–water partition coefficient (Wildman–Crippen LogP) is 2.77. The molecule has 1 aliphatic heterocycles. The highest BCUT2D eigenvalue weighted by Crippen LogP contribution is 2.48. The standard InChI is InChI=1S/C19H16O5/c1-12-6-8-13(9-7-12)19(15(18(22)23)10-17(20)21)11-24-16-5-3-2-4-14(16)19/h2-10H,11H2,1H3,(H,20,21)(H,22,23). The number of hydrogen-bond donors (Lipinski definition) is 2. The Kier molecular flexibility index (Phi) is 3.85. The van der Waals surface area contributed by atoms with Gasteiger partial charge >= 0.3 is 11.9 Å². The molecule has 0 aliphatic carbocycles. The molecule has 5 nitrogen and oxygen atoms in total. The van der Waals surface area contributed by atoms with Crippen LogP contribution in [0.2, 0.25) is 0 Å². The smallest absolute Gasteiger partial charge is 0.333 e. The minimum atomic E-state index is -1.30. The molecule has 0 saturated heterocycles. The van der Waals surface area contributed by atoms with Gasteiger partial charge in [0.2, 0.25) is 0 Å². The zero-order valence-corrected chi connectivity index (χ0v) is 13.0. The summed E-state index contributed by atoms with van der Waals surface area (Å²) in [6, 6.07) is 14.5. The number of fused-ring (bicyclic) bond motifs is 1. The molecule has 1 aliphatic rings. The maximum atomic E-state index is 11.9. The molecule has 24 heavy (non-hydrogen) atoms. The van der Waals surface area contributed by atoms with Gasteiger partial charge in [0.1, 0.15) is 12.4 Å². The second kappa shape index (κ2) is 5.85. The number of benzene rings is 2. The molecule has 0 fully saturated rings. The molecule has 0 saturated carbocycles. The molecule has 2 N–H and O–H groups in total. The van der Waals surface area contributed by atoms with Crippen LogP contribution < -0.4 is 4.74 Å². The average Bonchev–Trinajstić information content (AvgIpc) is 2.93. The first kappa shape index (κ1) is 15.8. The van der Waals surface area contributed by atoms with Gasteiger partial charge in [-0.25, -0.2) is 9.59 Å². The van der Waals surface area contributed by atoms with Crippen molar-refractivity contribution in [3.05, 3.63) is 76.9 Å². The highest BCUT2D eigenvalue weighted by molar-refractivity contribution is 5.98. The largest absolute Gasteiger partial charge is 0.492 e. The number of carboxylic acids is 2. The van der Waals surface area contributed by atoms with E-state index in [1.54, 1.807) is 24.3 Å². The Morgan fingerprint density at radius 1 is 1.08 bits per heavy atom. The zero-order chi connectivity index (χ0) is 17.3. The molecule has 1 unspecified atom stereocenters. The second-order valence-electron chi connectivity index (χ2n) is 5.76. The fraction of sp³-hybridized carbons (Fsp3) is 0.158. The average molecular weight is 324 g/mol. The summed E-state index contributed by atoms with van der Waals surface area (Å²) < 4.78 is 5.71. The van der Waals surface area contributed by atoms with Crippen LogP contribution in [0.1, 0.15) is 16.7 Å². The van der Waals surface area contributed by atoms with E-state index < -0.39 is 17.4 Å². The van der Waals surface area contributed by atoms with Crippen molar-refractivity contribution in [1.29, 1.82) is 0 Å². The number of aliphatic carboxylic acids is 2. The molecule has 0 aromatic heterocycles. The van der Waals surface area contributed by atoms with Gasteiger partial charge in [-0.15, -0.1) is 0 Å². The van der Waals surface area contributed by atoms with E-state index in [4.69, 9.17) is 9.84 Å². The van der Waals surface area contributed by atoms with Crippen molar-refractivity contribution in [3.63, 3.8) is 0 Å². The molecule has 0 amide bonds. The normalized spacial score (nSPS) is 19.5. The zero-order valence-electron chi connectivity index (χ0n) is 13.0. The van der Waals surface area contributed by atoms with Crippen molar-refractivity contribution in [3.8, 4) is 5.75 Å². The lowest BCUT2D eigenvalue weighted by Gasteiger charge is -2.29. The third-order valence-corrected chi connectivity index (χ3v) is 4.29. The van der Waals surface area contributed by atoms with Gasteiger partial charge in [-0.05, 0) is 18.6 Å². The number of carbonyl (C=O) groups is 2. The second-order valence-corrected chi connectivity index (χ2v) is 5.76. The van der Waals surface area contributed by atoms with E-state index >= 15 is 0 Å². The van der Waals surface area contributed by atoms with Crippen molar-refractivity contribution < 1.29 is 24.5 Å². The number of aryl methyl sites for hydroxylation is 1. The first-order valence-electron chi connectivity index (χ1n) is 7.43. The van der Waals surface area contributed by atoms with Gasteiger partial charge < -0.3 is 14.9 Å². The lowest BCUT2D eigenvalue weighted by molar-refractivity contribution is -0.135. The van der Waals surface area contributed by atoms with Crippen LogP contribution in [0, 0.1) is 6.92 Å². The quantitative estimate of drug-likeness (QED) is 0.845. The fourth-order valence-electron chi connectivity index (χ4n) is 3.16. The summed E-state index contributed by atoms with van der Waals surface area (Å²) in [5.74, 6) is -2.02. The molecule has 0 bridgehead atoms. The van der Waals surface area contributed by atoms with Gasteiger partial charge in [-0.2, -0.15) is 0 Å².